The van der Waals surface area contributed by atoms with Gasteiger partial charge in [-0.15, -0.1) is 0 Å². The molecule has 2 amide bonds. The van der Waals surface area contributed by atoms with Gasteiger partial charge in [0.25, 0.3) is 11.8 Å². The smallest absolute Gasteiger partial charge is 0.340 e. The third kappa shape index (κ3) is 6.44. The summed E-state index contributed by atoms with van der Waals surface area (Å²) in [4.78, 5) is 39.9. The highest BCUT2D eigenvalue weighted by Gasteiger charge is 2.38. The van der Waals surface area contributed by atoms with E-state index in [0.717, 1.165) is 23.1 Å². The maximum atomic E-state index is 13.5. The maximum absolute atomic E-state index is 13.5. The molecule has 1 heterocycles. The fourth-order valence-corrected chi connectivity index (χ4v) is 4.37. The Morgan fingerprint density at radius 2 is 1.64 bits per heavy atom. The van der Waals surface area contributed by atoms with Crippen LogP contribution in [0.1, 0.15) is 29.2 Å². The molecule has 0 bridgehead atoms. The molecular weight excluding hydrogens is 492 g/mol. The van der Waals surface area contributed by atoms with Crippen LogP contribution in [0.2, 0.25) is 0 Å². The van der Waals surface area contributed by atoms with Gasteiger partial charge in [0.15, 0.2) is 6.61 Å². The van der Waals surface area contributed by atoms with Gasteiger partial charge in [0.05, 0.1) is 18.3 Å². The molecule has 0 unspecified atom stereocenters. The molecule has 200 valence electrons. The van der Waals surface area contributed by atoms with Crippen LogP contribution < -0.4 is 15.0 Å². The minimum absolute atomic E-state index is 0.104. The minimum atomic E-state index is -0.573. The van der Waals surface area contributed by atoms with Crippen LogP contribution in [0.5, 0.6) is 5.75 Å². The first kappa shape index (κ1) is 27.4. The lowest BCUT2D eigenvalue weighted by Crippen LogP contribution is -2.30. The summed E-state index contributed by atoms with van der Waals surface area (Å²) in [6.45, 7) is 6.15. The Labute approximate surface area is 228 Å². The largest absolute Gasteiger partial charge is 0.484 e. The Morgan fingerprint density at radius 3 is 2.31 bits per heavy atom. The van der Waals surface area contributed by atoms with Gasteiger partial charge >= 0.3 is 5.97 Å². The van der Waals surface area contributed by atoms with E-state index in [2.05, 4.69) is 5.32 Å². The number of benzene rings is 3. The number of amides is 2. The van der Waals surface area contributed by atoms with Gasteiger partial charge in [-0.05, 0) is 79.8 Å². The summed E-state index contributed by atoms with van der Waals surface area (Å²) < 4.78 is 10.6. The number of rotatable bonds is 9. The summed E-state index contributed by atoms with van der Waals surface area (Å²) in [6.07, 6.45) is 2.41. The highest BCUT2D eigenvalue weighted by molar-refractivity contribution is 6.23. The van der Waals surface area contributed by atoms with Gasteiger partial charge in [0.2, 0.25) is 0 Å². The first-order valence-electron chi connectivity index (χ1n) is 12.7. The average molecular weight is 525 g/mol. The Morgan fingerprint density at radius 1 is 0.923 bits per heavy atom. The van der Waals surface area contributed by atoms with Crippen molar-refractivity contribution < 1.29 is 23.9 Å². The molecule has 4 rings (SSSR count). The fourth-order valence-electron chi connectivity index (χ4n) is 4.37. The standard InChI is InChI=1S/C32H32N2O5/c1-21-10-13-26(18-22(21)2)34-23(3)30(32(37)38-4)28(31(34)36)19-25-11-14-27(15-12-25)39-20-29(35)33-17-16-24-8-6-5-7-9-24/h5-15,18-19H,16-17,20H2,1-4H3,(H,33,35)/b28-19-. The summed E-state index contributed by atoms with van der Waals surface area (Å²) in [6, 6.07) is 22.7. The molecule has 0 saturated carbocycles. The van der Waals surface area contributed by atoms with Crippen molar-refractivity contribution in [3.05, 3.63) is 112 Å². The molecule has 0 spiro atoms. The molecule has 0 aliphatic carbocycles. The van der Waals surface area contributed by atoms with Gasteiger partial charge in [-0.25, -0.2) is 4.79 Å². The van der Waals surface area contributed by atoms with E-state index >= 15 is 0 Å². The quantitative estimate of drug-likeness (QED) is 0.317. The zero-order valence-corrected chi connectivity index (χ0v) is 22.6. The van der Waals surface area contributed by atoms with Crippen molar-refractivity contribution in [1.29, 1.82) is 0 Å². The lowest BCUT2D eigenvalue weighted by molar-refractivity contribution is -0.136. The molecular formula is C32H32N2O5. The normalized spacial score (nSPS) is 14.1. The van der Waals surface area contributed by atoms with Crippen molar-refractivity contribution in [2.24, 2.45) is 0 Å². The topological polar surface area (TPSA) is 84.9 Å². The van der Waals surface area contributed by atoms with E-state index in [1.54, 1.807) is 42.2 Å². The molecule has 3 aromatic rings. The predicted molar refractivity (Wildman–Crippen MR) is 151 cm³/mol. The van der Waals surface area contributed by atoms with Gasteiger partial charge in [0.1, 0.15) is 5.75 Å². The van der Waals surface area contributed by atoms with Crippen molar-refractivity contribution in [3.8, 4) is 5.75 Å². The molecule has 0 fully saturated rings. The molecule has 0 aromatic heterocycles. The minimum Gasteiger partial charge on any atom is -0.484 e. The van der Waals surface area contributed by atoms with Crippen LogP contribution in [0.3, 0.4) is 0 Å². The first-order chi connectivity index (χ1) is 18.8. The summed E-state index contributed by atoms with van der Waals surface area (Å²) in [5, 5.41) is 2.85. The number of allylic oxidation sites excluding steroid dienone is 1. The van der Waals surface area contributed by atoms with E-state index < -0.39 is 5.97 Å². The van der Waals surface area contributed by atoms with E-state index in [1.165, 1.54) is 7.11 Å². The number of aryl methyl sites for hydroxylation is 2. The Balaban J connectivity index is 1.44. The van der Waals surface area contributed by atoms with Crippen LogP contribution in [0.15, 0.2) is 89.6 Å². The third-order valence-electron chi connectivity index (χ3n) is 6.68. The van der Waals surface area contributed by atoms with Crippen LogP contribution in [0.4, 0.5) is 5.69 Å². The molecule has 1 aliphatic rings. The highest BCUT2D eigenvalue weighted by Crippen LogP contribution is 2.36. The molecule has 7 nitrogen and oxygen atoms in total. The van der Waals surface area contributed by atoms with Crippen molar-refractivity contribution in [3.63, 3.8) is 0 Å². The van der Waals surface area contributed by atoms with Crippen LogP contribution in [-0.4, -0.2) is 38.0 Å². The maximum Gasteiger partial charge on any atom is 0.340 e. The van der Waals surface area contributed by atoms with Gasteiger partial charge in [-0.2, -0.15) is 0 Å². The van der Waals surface area contributed by atoms with Gasteiger partial charge < -0.3 is 14.8 Å². The second kappa shape index (κ2) is 12.3. The zero-order valence-electron chi connectivity index (χ0n) is 22.6. The lowest BCUT2D eigenvalue weighted by atomic mass is 10.0. The highest BCUT2D eigenvalue weighted by atomic mass is 16.5. The molecule has 0 saturated heterocycles. The van der Waals surface area contributed by atoms with Crippen molar-refractivity contribution in [1.82, 2.24) is 5.32 Å². The number of methoxy groups -OCH3 is 1. The molecule has 1 aliphatic heterocycles. The predicted octanol–water partition coefficient (Wildman–Crippen LogP) is 4.92. The molecule has 3 aromatic carbocycles. The monoisotopic (exact) mass is 524 g/mol. The van der Waals surface area contributed by atoms with E-state index in [1.807, 2.05) is 62.4 Å². The van der Waals surface area contributed by atoms with Crippen LogP contribution in [-0.2, 0) is 25.5 Å². The average Bonchev–Trinajstić information content (AvgIpc) is 3.18. The summed E-state index contributed by atoms with van der Waals surface area (Å²) in [5.41, 5.74) is 5.71. The number of nitrogens with zero attached hydrogens (tertiary/aromatic N) is 1. The molecule has 39 heavy (non-hydrogen) atoms. The van der Waals surface area contributed by atoms with Crippen molar-refractivity contribution in [2.45, 2.75) is 27.2 Å². The van der Waals surface area contributed by atoms with Gasteiger partial charge in [-0.1, -0.05) is 48.5 Å². The number of nitrogens with one attached hydrogen (secondary N) is 1. The second-order valence-electron chi connectivity index (χ2n) is 9.36. The number of anilines is 1. The molecule has 7 heteroatoms. The van der Waals surface area contributed by atoms with Crippen molar-refractivity contribution in [2.75, 3.05) is 25.2 Å². The number of hydrogen-bond donors (Lipinski definition) is 1. The Kier molecular flexibility index (Phi) is 8.61. The zero-order chi connectivity index (χ0) is 27.9. The Hall–Kier alpha value is -4.65. The number of esters is 1. The van der Waals surface area contributed by atoms with E-state index in [4.69, 9.17) is 9.47 Å². The van der Waals surface area contributed by atoms with Crippen molar-refractivity contribution >= 4 is 29.5 Å². The van der Waals surface area contributed by atoms with Gasteiger partial charge in [0, 0.05) is 17.9 Å². The second-order valence-corrected chi connectivity index (χ2v) is 9.36. The third-order valence-corrected chi connectivity index (χ3v) is 6.68. The molecule has 0 atom stereocenters. The number of hydrogen-bond acceptors (Lipinski definition) is 5. The van der Waals surface area contributed by atoms with E-state index in [0.29, 0.717) is 29.2 Å². The first-order valence-corrected chi connectivity index (χ1v) is 12.7. The SMILES string of the molecule is COC(=O)C1=C(C)N(c2ccc(C)c(C)c2)C(=O)/C1=C\c1ccc(OCC(=O)NCCc2ccccc2)cc1. The van der Waals surface area contributed by atoms with E-state index in [9.17, 15) is 14.4 Å². The summed E-state index contributed by atoms with van der Waals surface area (Å²) in [5.74, 6) is -0.562. The van der Waals surface area contributed by atoms with Crippen LogP contribution >= 0.6 is 0 Å². The molecule has 0 radical (unpaired) electrons. The van der Waals surface area contributed by atoms with E-state index in [-0.39, 0.29) is 29.6 Å². The van der Waals surface area contributed by atoms with Crippen LogP contribution in [0, 0.1) is 13.8 Å². The van der Waals surface area contributed by atoms with Crippen LogP contribution in [0.25, 0.3) is 6.08 Å². The Bertz CT molecular complexity index is 1440. The summed E-state index contributed by atoms with van der Waals surface area (Å²) in [7, 11) is 1.30. The number of carbonyl (C=O) groups excluding carboxylic acids is 3. The fraction of sp³-hybridized carbons (Fsp3) is 0.219. The number of carbonyl (C=O) groups is 3. The van der Waals surface area contributed by atoms with Gasteiger partial charge in [-0.3, -0.25) is 14.5 Å². The number of ether oxygens (including phenoxy) is 2. The lowest BCUT2D eigenvalue weighted by Gasteiger charge is -2.19. The summed E-state index contributed by atoms with van der Waals surface area (Å²) >= 11 is 0. The molecule has 1 N–H and O–H groups in total.